The van der Waals surface area contributed by atoms with Gasteiger partial charge in [-0.2, -0.15) is 11.8 Å². The van der Waals surface area contributed by atoms with Crippen LogP contribution in [0.1, 0.15) is 23.3 Å². The number of nitrogens with zero attached hydrogens (tertiary/aromatic N) is 1. The van der Waals surface area contributed by atoms with Crippen LogP contribution in [0, 0.1) is 0 Å². The van der Waals surface area contributed by atoms with E-state index in [0.717, 1.165) is 5.56 Å². The Hall–Kier alpha value is -2.26. The van der Waals surface area contributed by atoms with Crippen LogP contribution in [0.5, 0.6) is 11.5 Å². The molecule has 7 nitrogen and oxygen atoms in total. The van der Waals surface area contributed by atoms with Gasteiger partial charge in [-0.1, -0.05) is 0 Å². The standard InChI is InChI=1S/C17H16N2O5S2/c20-14(19-17(16(21)22)3-5-25-6-4-17)11-8-26-15(18-11)10-1-2-12-13(7-10)24-9-23-12/h1-2,7-8H,3-6,9H2,(H,19,20)(H,21,22). The van der Waals surface area contributed by atoms with Gasteiger partial charge in [-0.25, -0.2) is 9.78 Å². The zero-order valence-corrected chi connectivity index (χ0v) is 15.3. The smallest absolute Gasteiger partial charge is 0.329 e. The lowest BCUT2D eigenvalue weighted by atomic mass is 9.92. The van der Waals surface area contributed by atoms with Crippen molar-refractivity contribution in [3.05, 3.63) is 29.3 Å². The van der Waals surface area contributed by atoms with Gasteiger partial charge in [0.1, 0.15) is 16.2 Å². The van der Waals surface area contributed by atoms with Gasteiger partial charge in [0.2, 0.25) is 6.79 Å². The Kier molecular flexibility index (Phi) is 4.49. The van der Waals surface area contributed by atoms with Gasteiger partial charge in [0.15, 0.2) is 11.5 Å². The molecular weight excluding hydrogens is 376 g/mol. The number of aliphatic carboxylic acids is 1. The molecule has 0 radical (unpaired) electrons. The van der Waals surface area contributed by atoms with E-state index in [1.807, 2.05) is 12.1 Å². The van der Waals surface area contributed by atoms with Crippen LogP contribution in [0.2, 0.25) is 0 Å². The Bertz CT molecular complexity index is 861. The fraction of sp³-hybridized carbons (Fsp3) is 0.353. The number of hydrogen-bond acceptors (Lipinski definition) is 7. The predicted molar refractivity (Wildman–Crippen MR) is 98.1 cm³/mol. The molecule has 1 fully saturated rings. The third-order valence-electron chi connectivity index (χ3n) is 4.46. The first-order valence-electron chi connectivity index (χ1n) is 8.07. The minimum absolute atomic E-state index is 0.194. The number of carboxylic acids is 1. The van der Waals surface area contributed by atoms with E-state index in [0.29, 0.717) is 40.9 Å². The SMILES string of the molecule is O=C(NC1(C(=O)O)CCSCC1)c1csc(-c2ccc3c(c2)OCO3)n1. The van der Waals surface area contributed by atoms with Crippen LogP contribution in [0.3, 0.4) is 0 Å². The fourth-order valence-corrected chi connectivity index (χ4v) is 4.92. The first-order chi connectivity index (χ1) is 12.6. The zero-order chi connectivity index (χ0) is 18.1. The molecule has 1 aromatic carbocycles. The van der Waals surface area contributed by atoms with E-state index >= 15 is 0 Å². The number of amides is 1. The number of thioether (sulfide) groups is 1. The quantitative estimate of drug-likeness (QED) is 0.825. The topological polar surface area (TPSA) is 97.8 Å². The predicted octanol–water partition coefficient (Wildman–Crippen LogP) is 2.62. The first-order valence-corrected chi connectivity index (χ1v) is 10.1. The minimum atomic E-state index is -1.20. The van der Waals surface area contributed by atoms with Gasteiger partial charge in [0, 0.05) is 10.9 Å². The van der Waals surface area contributed by atoms with Gasteiger partial charge in [-0.15, -0.1) is 11.3 Å². The van der Waals surface area contributed by atoms with Crippen molar-refractivity contribution in [2.24, 2.45) is 0 Å². The van der Waals surface area contributed by atoms with Gasteiger partial charge in [0.05, 0.1) is 0 Å². The molecule has 0 aliphatic carbocycles. The highest BCUT2D eigenvalue weighted by molar-refractivity contribution is 7.99. The van der Waals surface area contributed by atoms with Crippen molar-refractivity contribution in [3.8, 4) is 22.1 Å². The molecule has 0 unspecified atom stereocenters. The van der Waals surface area contributed by atoms with Crippen molar-refractivity contribution in [2.45, 2.75) is 18.4 Å². The maximum Gasteiger partial charge on any atom is 0.329 e. The van der Waals surface area contributed by atoms with E-state index < -0.39 is 17.4 Å². The summed E-state index contributed by atoms with van der Waals surface area (Å²) in [6.07, 6.45) is 0.829. The monoisotopic (exact) mass is 392 g/mol. The molecule has 0 bridgehead atoms. The summed E-state index contributed by atoms with van der Waals surface area (Å²) in [6, 6.07) is 5.48. The molecule has 4 rings (SSSR count). The molecular formula is C17H16N2O5S2. The van der Waals surface area contributed by atoms with E-state index in [1.54, 1.807) is 23.2 Å². The second-order valence-electron chi connectivity index (χ2n) is 6.06. The summed E-state index contributed by atoms with van der Waals surface area (Å²) in [7, 11) is 0. The van der Waals surface area contributed by atoms with E-state index in [1.165, 1.54) is 11.3 Å². The fourth-order valence-electron chi connectivity index (χ4n) is 2.93. The summed E-state index contributed by atoms with van der Waals surface area (Å²) in [5.74, 6) is 1.31. The Morgan fingerprint density at radius 1 is 1.19 bits per heavy atom. The number of hydrogen-bond donors (Lipinski definition) is 2. The second-order valence-corrected chi connectivity index (χ2v) is 8.14. The number of carboxylic acid groups (broad SMARTS) is 1. The molecule has 0 saturated carbocycles. The summed E-state index contributed by atoms with van der Waals surface area (Å²) in [6.45, 7) is 0.194. The van der Waals surface area contributed by atoms with Crippen molar-refractivity contribution in [2.75, 3.05) is 18.3 Å². The number of thiazole rings is 1. The van der Waals surface area contributed by atoms with Crippen molar-refractivity contribution in [3.63, 3.8) is 0 Å². The van der Waals surface area contributed by atoms with Crippen molar-refractivity contribution < 1.29 is 24.2 Å². The molecule has 3 heterocycles. The molecule has 136 valence electrons. The zero-order valence-electron chi connectivity index (χ0n) is 13.7. The van der Waals surface area contributed by atoms with E-state index in [4.69, 9.17) is 9.47 Å². The average Bonchev–Trinajstić information content (AvgIpc) is 3.31. The summed E-state index contributed by atoms with van der Waals surface area (Å²) in [4.78, 5) is 28.7. The van der Waals surface area contributed by atoms with E-state index in [-0.39, 0.29) is 12.5 Å². The minimum Gasteiger partial charge on any atom is -0.480 e. The van der Waals surface area contributed by atoms with Gasteiger partial charge in [-0.05, 0) is 42.5 Å². The molecule has 2 N–H and O–H groups in total. The number of carbonyl (C=O) groups excluding carboxylic acids is 1. The Morgan fingerprint density at radius 2 is 1.96 bits per heavy atom. The Labute approximate surface area is 157 Å². The van der Waals surface area contributed by atoms with Crippen LogP contribution in [0.25, 0.3) is 10.6 Å². The molecule has 0 atom stereocenters. The summed E-state index contributed by atoms with van der Waals surface area (Å²) in [5, 5.41) is 14.6. The molecule has 2 aliphatic heterocycles. The Morgan fingerprint density at radius 3 is 2.73 bits per heavy atom. The summed E-state index contributed by atoms with van der Waals surface area (Å²) in [5.41, 5.74) is -0.160. The normalized spacial score (nSPS) is 17.7. The van der Waals surface area contributed by atoms with E-state index in [2.05, 4.69) is 10.3 Å². The maximum atomic E-state index is 12.6. The maximum absolute atomic E-state index is 12.6. The second kappa shape index (κ2) is 6.81. The lowest BCUT2D eigenvalue weighted by molar-refractivity contribution is -0.144. The highest BCUT2D eigenvalue weighted by atomic mass is 32.2. The van der Waals surface area contributed by atoms with Crippen LogP contribution in [-0.2, 0) is 4.79 Å². The summed E-state index contributed by atoms with van der Waals surface area (Å²) < 4.78 is 10.7. The molecule has 0 spiro atoms. The number of rotatable bonds is 4. The van der Waals surface area contributed by atoms with Crippen molar-refractivity contribution in [1.82, 2.24) is 10.3 Å². The van der Waals surface area contributed by atoms with Crippen LogP contribution in [0.4, 0.5) is 0 Å². The Balaban J connectivity index is 1.54. The van der Waals surface area contributed by atoms with Gasteiger partial charge in [-0.3, -0.25) is 4.79 Å². The average molecular weight is 392 g/mol. The van der Waals surface area contributed by atoms with Crippen molar-refractivity contribution in [1.29, 1.82) is 0 Å². The number of nitrogens with one attached hydrogen (secondary N) is 1. The molecule has 1 saturated heterocycles. The molecule has 9 heteroatoms. The highest BCUT2D eigenvalue weighted by Gasteiger charge is 2.41. The van der Waals surface area contributed by atoms with Gasteiger partial charge >= 0.3 is 5.97 Å². The molecule has 2 aromatic rings. The van der Waals surface area contributed by atoms with E-state index in [9.17, 15) is 14.7 Å². The van der Waals surface area contributed by atoms with Crippen LogP contribution in [0.15, 0.2) is 23.6 Å². The number of carbonyl (C=O) groups is 2. The van der Waals surface area contributed by atoms with Crippen LogP contribution in [-0.4, -0.2) is 45.8 Å². The van der Waals surface area contributed by atoms with Crippen molar-refractivity contribution >= 4 is 35.0 Å². The third kappa shape index (κ3) is 3.12. The molecule has 1 amide bonds. The van der Waals surface area contributed by atoms with Gasteiger partial charge < -0.3 is 19.9 Å². The largest absolute Gasteiger partial charge is 0.480 e. The summed E-state index contributed by atoms with van der Waals surface area (Å²) >= 11 is 3.02. The molecule has 26 heavy (non-hydrogen) atoms. The van der Waals surface area contributed by atoms with Gasteiger partial charge in [0.25, 0.3) is 5.91 Å². The highest BCUT2D eigenvalue weighted by Crippen LogP contribution is 2.36. The lowest BCUT2D eigenvalue weighted by Gasteiger charge is -2.33. The number of aromatic nitrogens is 1. The number of benzene rings is 1. The first kappa shape index (κ1) is 17.2. The number of ether oxygens (including phenoxy) is 2. The third-order valence-corrected chi connectivity index (χ3v) is 6.34. The van der Waals surface area contributed by atoms with Crippen LogP contribution < -0.4 is 14.8 Å². The molecule has 2 aliphatic rings. The molecule has 1 aromatic heterocycles. The lowest BCUT2D eigenvalue weighted by Crippen LogP contribution is -2.56. The van der Waals surface area contributed by atoms with Crippen LogP contribution >= 0.6 is 23.1 Å². The number of fused-ring (bicyclic) bond motifs is 1.